The molecule has 3 aromatic heterocycles. The molecule has 4 heterocycles. The van der Waals surface area contributed by atoms with Gasteiger partial charge >= 0.3 is 0 Å². The van der Waals surface area contributed by atoms with E-state index in [1.807, 2.05) is 12.1 Å². The summed E-state index contributed by atoms with van der Waals surface area (Å²) < 4.78 is 42.1. The molecule has 2 aliphatic rings. The Balaban J connectivity index is 1.14. The monoisotopic (exact) mass is 655 g/mol. The Morgan fingerprint density at radius 2 is 1.70 bits per heavy atom. The number of rotatable bonds is 19. The Bertz CT molecular complexity index is 1580. The molecule has 1 aliphatic heterocycles. The molecule has 2 N–H and O–H groups in total. The average Bonchev–Trinajstić information content (AvgIpc) is 3.78. The first-order valence-corrected chi connectivity index (χ1v) is 19.0. The lowest BCUT2D eigenvalue weighted by Gasteiger charge is -2.38. The van der Waals surface area contributed by atoms with Gasteiger partial charge in [-0.05, 0) is 57.2 Å². The Hall–Kier alpha value is -2.73. The fraction of sp³-hybridized carbons (Fsp3) is 0.657. The van der Waals surface area contributed by atoms with Gasteiger partial charge in [0.2, 0.25) is 10.0 Å². The number of aryl methyl sites for hydroxylation is 1. The van der Waals surface area contributed by atoms with E-state index in [0.29, 0.717) is 67.6 Å². The maximum Gasteiger partial charge on any atom is 0.261 e. The van der Waals surface area contributed by atoms with Gasteiger partial charge in [-0.15, -0.1) is 0 Å². The molecule has 1 saturated carbocycles. The number of nitrogens with two attached hydrogens (primary N) is 1. The maximum atomic E-state index is 13.2. The smallest absolute Gasteiger partial charge is 0.261 e. The average molecular weight is 656 g/mol. The van der Waals surface area contributed by atoms with Gasteiger partial charge in [0.05, 0.1) is 30.5 Å². The largest absolute Gasteiger partial charge is 0.491 e. The molecule has 1 unspecified atom stereocenters. The van der Waals surface area contributed by atoms with Gasteiger partial charge in [0, 0.05) is 56.2 Å². The van der Waals surface area contributed by atoms with Crippen LogP contribution in [0.5, 0.6) is 5.75 Å². The molecule has 10 nitrogen and oxygen atoms in total. The van der Waals surface area contributed by atoms with Gasteiger partial charge in [-0.2, -0.15) is 4.31 Å². The predicted molar refractivity (Wildman–Crippen MR) is 183 cm³/mol. The highest BCUT2D eigenvalue weighted by molar-refractivity contribution is 7.89. The zero-order chi connectivity index (χ0) is 32.5. The van der Waals surface area contributed by atoms with Crippen LogP contribution >= 0.6 is 0 Å². The van der Waals surface area contributed by atoms with Crippen molar-refractivity contribution in [3.8, 4) is 16.9 Å². The van der Waals surface area contributed by atoms with Crippen LogP contribution in [0.3, 0.4) is 0 Å². The van der Waals surface area contributed by atoms with Crippen molar-refractivity contribution in [3.63, 3.8) is 0 Å². The second kappa shape index (κ2) is 16.4. The molecule has 11 heteroatoms. The van der Waals surface area contributed by atoms with Gasteiger partial charge in [0.15, 0.2) is 0 Å². The number of pyridine rings is 2. The minimum absolute atomic E-state index is 0.0199. The normalized spacial score (nSPS) is 18.0. The number of unbranched alkanes of at least 4 members (excludes halogenated alkanes) is 9. The van der Waals surface area contributed by atoms with Crippen LogP contribution in [0, 0.1) is 5.92 Å². The number of furan rings is 1. The van der Waals surface area contributed by atoms with Crippen LogP contribution in [-0.2, 0) is 23.6 Å². The summed E-state index contributed by atoms with van der Waals surface area (Å²) in [5.74, 6) is 2.19. The van der Waals surface area contributed by atoms with E-state index in [1.54, 1.807) is 34.5 Å². The number of piperazine rings is 1. The summed E-state index contributed by atoms with van der Waals surface area (Å²) in [5.41, 5.74) is 7.60. The Morgan fingerprint density at radius 1 is 1.00 bits per heavy atom. The molecule has 46 heavy (non-hydrogen) atoms. The SMILES string of the molecule is CC1CN(S(=O)(=O)CCCCCCCCCCCCN)CCN1Cc1cc2c(=O)n(C)cc(-c3ccncc3OCC3CC3)c2o1. The number of nitrogens with zero attached hydrogens (tertiary/aromatic N) is 4. The molecular formula is C35H53N5O5S. The predicted octanol–water partition coefficient (Wildman–Crippen LogP) is 5.68. The summed E-state index contributed by atoms with van der Waals surface area (Å²) in [6.45, 7) is 5.53. The van der Waals surface area contributed by atoms with Crippen molar-refractivity contribution in [3.05, 3.63) is 46.8 Å². The Morgan fingerprint density at radius 3 is 2.37 bits per heavy atom. The van der Waals surface area contributed by atoms with E-state index in [9.17, 15) is 13.2 Å². The molecule has 0 radical (unpaired) electrons. The fourth-order valence-electron chi connectivity index (χ4n) is 6.40. The molecule has 3 aromatic rings. The Labute approximate surface area is 274 Å². The molecule has 1 atom stereocenters. The number of ether oxygens (including phenoxy) is 1. The van der Waals surface area contributed by atoms with Crippen molar-refractivity contribution >= 4 is 21.0 Å². The highest BCUT2D eigenvalue weighted by atomic mass is 32.2. The van der Waals surface area contributed by atoms with E-state index in [2.05, 4.69) is 16.8 Å². The fourth-order valence-corrected chi connectivity index (χ4v) is 8.03. The highest BCUT2D eigenvalue weighted by Crippen LogP contribution is 2.37. The van der Waals surface area contributed by atoms with Crippen molar-refractivity contribution < 1.29 is 17.6 Å². The number of hydrogen-bond donors (Lipinski definition) is 1. The zero-order valence-electron chi connectivity index (χ0n) is 27.8. The first kappa shape index (κ1) is 34.6. The molecule has 5 rings (SSSR count). The highest BCUT2D eigenvalue weighted by Gasteiger charge is 2.31. The van der Waals surface area contributed by atoms with Gasteiger partial charge in [0.1, 0.15) is 17.1 Å². The molecular weight excluding hydrogens is 602 g/mol. The van der Waals surface area contributed by atoms with Gasteiger partial charge < -0.3 is 19.5 Å². The third kappa shape index (κ3) is 9.20. The minimum Gasteiger partial charge on any atom is -0.491 e. The molecule has 0 spiro atoms. The first-order chi connectivity index (χ1) is 22.3. The number of sulfonamides is 1. The summed E-state index contributed by atoms with van der Waals surface area (Å²) in [6.07, 6.45) is 19.0. The molecule has 1 saturated heterocycles. The van der Waals surface area contributed by atoms with Crippen molar-refractivity contribution in [2.45, 2.75) is 96.6 Å². The number of hydrogen-bond acceptors (Lipinski definition) is 8. The Kier molecular flexibility index (Phi) is 12.3. The molecule has 0 bridgehead atoms. The van der Waals surface area contributed by atoms with E-state index in [4.69, 9.17) is 14.9 Å². The van der Waals surface area contributed by atoms with Gasteiger partial charge in [-0.25, -0.2) is 8.42 Å². The molecule has 254 valence electrons. The summed E-state index contributed by atoms with van der Waals surface area (Å²) in [4.78, 5) is 19.6. The molecule has 2 fully saturated rings. The van der Waals surface area contributed by atoms with E-state index in [-0.39, 0.29) is 17.4 Å². The number of fused-ring (bicyclic) bond motifs is 1. The van der Waals surface area contributed by atoms with Crippen molar-refractivity contribution in [2.24, 2.45) is 18.7 Å². The quantitative estimate of drug-likeness (QED) is 0.164. The van der Waals surface area contributed by atoms with Crippen LogP contribution in [0.2, 0.25) is 0 Å². The van der Waals surface area contributed by atoms with Gasteiger partial charge in [-0.1, -0.05) is 51.4 Å². The second-order valence-electron chi connectivity index (χ2n) is 13.4. The lowest BCUT2D eigenvalue weighted by atomic mass is 10.1. The third-order valence-electron chi connectivity index (χ3n) is 9.48. The summed E-state index contributed by atoms with van der Waals surface area (Å²) in [7, 11) is -1.54. The zero-order valence-corrected chi connectivity index (χ0v) is 28.6. The van der Waals surface area contributed by atoms with E-state index in [1.165, 1.54) is 51.4 Å². The lowest BCUT2D eigenvalue weighted by molar-refractivity contribution is 0.114. The molecule has 1 aliphatic carbocycles. The first-order valence-electron chi connectivity index (χ1n) is 17.4. The van der Waals surface area contributed by atoms with Crippen LogP contribution in [-0.4, -0.2) is 71.8 Å². The third-order valence-corrected chi connectivity index (χ3v) is 11.4. The van der Waals surface area contributed by atoms with Crippen LogP contribution in [0.25, 0.3) is 22.1 Å². The molecule has 0 amide bonds. The van der Waals surface area contributed by atoms with Gasteiger partial charge in [-0.3, -0.25) is 14.7 Å². The summed E-state index contributed by atoms with van der Waals surface area (Å²) >= 11 is 0. The maximum absolute atomic E-state index is 13.2. The van der Waals surface area contributed by atoms with Crippen molar-refractivity contribution in [1.29, 1.82) is 0 Å². The van der Waals surface area contributed by atoms with Crippen LogP contribution in [0.15, 0.2) is 39.9 Å². The lowest BCUT2D eigenvalue weighted by Crippen LogP contribution is -2.53. The molecule has 0 aromatic carbocycles. The minimum atomic E-state index is -3.29. The topological polar surface area (TPSA) is 124 Å². The van der Waals surface area contributed by atoms with E-state index in [0.717, 1.165) is 36.9 Å². The van der Waals surface area contributed by atoms with Crippen LogP contribution < -0.4 is 16.0 Å². The number of aromatic nitrogens is 2. The van der Waals surface area contributed by atoms with Crippen LogP contribution in [0.4, 0.5) is 0 Å². The summed E-state index contributed by atoms with van der Waals surface area (Å²) in [5, 5.41) is 0.524. The van der Waals surface area contributed by atoms with Crippen LogP contribution in [0.1, 0.15) is 89.7 Å². The van der Waals surface area contributed by atoms with Gasteiger partial charge in [0.25, 0.3) is 5.56 Å². The van der Waals surface area contributed by atoms with E-state index >= 15 is 0 Å². The standard InChI is InChI=1S/C35H53N5O5S/c1-27-23-40(46(42,43)20-12-10-8-6-4-3-5-7-9-11-16-36)19-18-39(27)24-29-21-31-34(45-29)32(25-38(2)35(31)41)30-15-17-37-22-33(30)44-26-28-13-14-28/h15,17,21-22,25,27-28H,3-14,16,18-20,23-24,26,36H2,1-2H3. The van der Waals surface area contributed by atoms with Crippen molar-refractivity contribution in [1.82, 2.24) is 18.8 Å². The second-order valence-corrected chi connectivity index (χ2v) is 15.4. The van der Waals surface area contributed by atoms with E-state index < -0.39 is 10.0 Å². The van der Waals surface area contributed by atoms with Crippen molar-refractivity contribution in [2.75, 3.05) is 38.5 Å². The summed E-state index contributed by atoms with van der Waals surface area (Å²) in [6, 6.07) is 3.76.